The summed E-state index contributed by atoms with van der Waals surface area (Å²) in [6.45, 7) is 3.44. The van der Waals surface area contributed by atoms with Crippen molar-refractivity contribution in [3.63, 3.8) is 0 Å². The molecule has 9 heteroatoms. The molecule has 2 aromatic carbocycles. The third kappa shape index (κ3) is 5.43. The average molecular weight is 467 g/mol. The molecule has 1 N–H and O–H groups in total. The van der Waals surface area contributed by atoms with Gasteiger partial charge in [0, 0.05) is 17.0 Å². The first kappa shape index (κ1) is 22.1. The molecule has 2 aliphatic rings. The lowest BCUT2D eigenvalue weighted by molar-refractivity contribution is 0.0212. The van der Waals surface area contributed by atoms with Crippen molar-refractivity contribution in [2.45, 2.75) is 37.1 Å². The van der Waals surface area contributed by atoms with E-state index in [0.29, 0.717) is 12.3 Å². The van der Waals surface area contributed by atoms with Gasteiger partial charge in [-0.3, -0.25) is 19.3 Å². The van der Waals surface area contributed by atoms with Crippen LogP contribution in [0.15, 0.2) is 64.7 Å². The van der Waals surface area contributed by atoms with Gasteiger partial charge >= 0.3 is 0 Å². The lowest BCUT2D eigenvalue weighted by atomic mass is 10.1. The molecule has 0 amide bonds. The van der Waals surface area contributed by atoms with Crippen molar-refractivity contribution >= 4 is 17.6 Å². The summed E-state index contributed by atoms with van der Waals surface area (Å²) >= 11 is 1.58. The average Bonchev–Trinajstić information content (AvgIpc) is 3.27. The first-order valence-electron chi connectivity index (χ1n) is 11.3. The van der Waals surface area contributed by atoms with E-state index >= 15 is 0 Å². The summed E-state index contributed by atoms with van der Waals surface area (Å²) in [6.07, 6.45) is 3.62. The number of aliphatic imine (C=N–C) groups is 1. The van der Waals surface area contributed by atoms with Crippen molar-refractivity contribution in [1.82, 2.24) is 25.1 Å². The van der Waals surface area contributed by atoms with Gasteiger partial charge in [0.1, 0.15) is 11.9 Å². The van der Waals surface area contributed by atoms with E-state index in [1.165, 1.54) is 31.4 Å². The van der Waals surface area contributed by atoms with Gasteiger partial charge in [-0.25, -0.2) is 9.87 Å². The zero-order valence-corrected chi connectivity index (χ0v) is 19.2. The molecule has 1 aromatic heterocycles. The number of likely N-dealkylation sites (tertiary alicyclic amines) is 1. The van der Waals surface area contributed by atoms with Crippen LogP contribution in [0.25, 0.3) is 5.69 Å². The number of nitrogens with zero attached hydrogens (tertiary/aromatic N) is 5. The zero-order valence-electron chi connectivity index (χ0n) is 18.4. The Morgan fingerprint density at radius 2 is 1.79 bits per heavy atom. The fourth-order valence-corrected chi connectivity index (χ4v) is 5.01. The second-order valence-corrected chi connectivity index (χ2v) is 9.24. The number of piperidine rings is 1. The Kier molecular flexibility index (Phi) is 6.99. The third-order valence-electron chi connectivity index (χ3n) is 5.82. The molecule has 0 unspecified atom stereocenters. The largest absolute Gasteiger partial charge is 0.296 e. The molecule has 33 heavy (non-hydrogen) atoms. The van der Waals surface area contributed by atoms with Gasteiger partial charge in [0.05, 0.1) is 13.1 Å². The van der Waals surface area contributed by atoms with Crippen LogP contribution in [0, 0.1) is 5.82 Å². The smallest absolute Gasteiger partial charge is 0.195 e. The van der Waals surface area contributed by atoms with Crippen molar-refractivity contribution in [2.24, 2.45) is 4.99 Å². The normalized spacial score (nSPS) is 19.2. The van der Waals surface area contributed by atoms with Crippen LogP contribution >= 0.6 is 11.8 Å². The Hall–Kier alpha value is -2.75. The Morgan fingerprint density at radius 1 is 1.00 bits per heavy atom. The maximum Gasteiger partial charge on any atom is 0.195 e. The van der Waals surface area contributed by atoms with Crippen LogP contribution in [0.5, 0.6) is 0 Å². The van der Waals surface area contributed by atoms with Crippen molar-refractivity contribution < 1.29 is 9.23 Å². The van der Waals surface area contributed by atoms with E-state index in [-0.39, 0.29) is 11.9 Å². The molecule has 7 nitrogen and oxygen atoms in total. The molecular weight excluding hydrogens is 439 g/mol. The quantitative estimate of drug-likeness (QED) is 0.534. The molecule has 0 spiro atoms. The van der Waals surface area contributed by atoms with Gasteiger partial charge in [-0.2, -0.15) is 0 Å². The van der Waals surface area contributed by atoms with Crippen LogP contribution in [0.1, 0.15) is 30.7 Å². The zero-order chi connectivity index (χ0) is 22.5. The number of halogens is 1. The molecule has 172 valence electrons. The highest BCUT2D eigenvalue weighted by Gasteiger charge is 2.22. The minimum atomic E-state index is -0.257. The highest BCUT2D eigenvalue weighted by molar-refractivity contribution is 7.99. The highest BCUT2D eigenvalue weighted by atomic mass is 32.2. The topological polar surface area (TPSA) is 67.6 Å². The Balaban J connectivity index is 1.29. The summed E-state index contributed by atoms with van der Waals surface area (Å²) in [7, 11) is 0. The van der Waals surface area contributed by atoms with Gasteiger partial charge < -0.3 is 0 Å². The van der Waals surface area contributed by atoms with Crippen LogP contribution in [0.2, 0.25) is 0 Å². The Bertz CT molecular complexity index is 1080. The second-order valence-electron chi connectivity index (χ2n) is 8.26. The predicted octanol–water partition coefficient (Wildman–Crippen LogP) is 3.83. The summed E-state index contributed by atoms with van der Waals surface area (Å²) in [4.78, 5) is 12.9. The van der Waals surface area contributed by atoms with Gasteiger partial charge in [0.25, 0.3) is 0 Å². The lowest BCUT2D eigenvalue weighted by Gasteiger charge is -2.26. The summed E-state index contributed by atoms with van der Waals surface area (Å²) in [5.41, 5.74) is 4.84. The molecule has 1 atom stereocenters. The fraction of sp³-hybridized carbons (Fsp3) is 0.375. The van der Waals surface area contributed by atoms with Crippen LogP contribution in [0.4, 0.5) is 4.39 Å². The molecule has 0 radical (unpaired) electrons. The van der Waals surface area contributed by atoms with E-state index in [2.05, 4.69) is 25.6 Å². The van der Waals surface area contributed by atoms with E-state index in [0.717, 1.165) is 47.7 Å². The van der Waals surface area contributed by atoms with Crippen molar-refractivity contribution in [3.05, 3.63) is 71.8 Å². The molecule has 1 fully saturated rings. The van der Waals surface area contributed by atoms with E-state index < -0.39 is 0 Å². The van der Waals surface area contributed by atoms with E-state index in [1.807, 2.05) is 34.9 Å². The number of hydrogen-bond acceptors (Lipinski definition) is 7. The summed E-state index contributed by atoms with van der Waals surface area (Å²) in [5.74, 6) is 2.03. The number of hydroxylamine groups is 1. The SMILES string of the molecule is Fc1ccc(-n2c(CN3CCCCC3)nnc2SC[C@@H]2CN=C(c3ccccc3)NO2)cc1. The van der Waals surface area contributed by atoms with Gasteiger partial charge in [-0.05, 0) is 50.2 Å². The molecule has 5 rings (SSSR count). The second kappa shape index (κ2) is 10.5. The van der Waals surface area contributed by atoms with Crippen LogP contribution in [0.3, 0.4) is 0 Å². The minimum Gasteiger partial charge on any atom is -0.296 e. The number of rotatable bonds is 7. The van der Waals surface area contributed by atoms with Gasteiger partial charge in [0.15, 0.2) is 16.8 Å². The number of thioether (sulfide) groups is 1. The molecule has 3 heterocycles. The van der Waals surface area contributed by atoms with Crippen LogP contribution in [-0.4, -0.2) is 57.0 Å². The first-order chi connectivity index (χ1) is 16.3. The molecule has 1 saturated heterocycles. The van der Waals surface area contributed by atoms with Gasteiger partial charge in [-0.1, -0.05) is 48.5 Å². The van der Waals surface area contributed by atoms with Crippen LogP contribution in [-0.2, 0) is 11.4 Å². The standard InChI is InChI=1S/C24H27FN6OS/c25-19-9-11-20(12-10-19)31-22(16-30-13-5-2-6-14-30)27-28-24(31)33-17-21-15-26-23(29-32-21)18-7-3-1-4-8-18/h1,3-4,7-12,21H,2,5-6,13-17H2,(H,26,29)/t21-/m0/s1. The van der Waals surface area contributed by atoms with Gasteiger partial charge in [-0.15, -0.1) is 10.2 Å². The summed E-state index contributed by atoms with van der Waals surface area (Å²) < 4.78 is 15.6. The maximum absolute atomic E-state index is 13.6. The maximum atomic E-state index is 13.6. The minimum absolute atomic E-state index is 0.0913. The number of nitrogens with one attached hydrogen (secondary N) is 1. The number of hydrogen-bond donors (Lipinski definition) is 1. The predicted molar refractivity (Wildman–Crippen MR) is 127 cm³/mol. The molecule has 0 bridgehead atoms. The summed E-state index contributed by atoms with van der Waals surface area (Å²) in [6, 6.07) is 16.4. The number of aromatic nitrogens is 3. The monoisotopic (exact) mass is 466 g/mol. The molecule has 3 aromatic rings. The number of benzene rings is 2. The van der Waals surface area contributed by atoms with Gasteiger partial charge in [0.2, 0.25) is 0 Å². The number of amidine groups is 1. The van der Waals surface area contributed by atoms with E-state index in [1.54, 1.807) is 23.9 Å². The third-order valence-corrected chi connectivity index (χ3v) is 6.88. The molecule has 2 aliphatic heterocycles. The summed E-state index contributed by atoms with van der Waals surface area (Å²) in [5, 5.41) is 9.74. The van der Waals surface area contributed by atoms with Crippen molar-refractivity contribution in [3.8, 4) is 5.69 Å². The van der Waals surface area contributed by atoms with Crippen molar-refractivity contribution in [2.75, 3.05) is 25.4 Å². The Morgan fingerprint density at radius 3 is 2.52 bits per heavy atom. The molecular formula is C24H27FN6OS. The van der Waals surface area contributed by atoms with Crippen LogP contribution < -0.4 is 5.48 Å². The van der Waals surface area contributed by atoms with E-state index in [9.17, 15) is 4.39 Å². The fourth-order valence-electron chi connectivity index (χ4n) is 4.07. The first-order valence-corrected chi connectivity index (χ1v) is 12.3. The molecule has 0 aliphatic carbocycles. The Labute approximate surface area is 197 Å². The van der Waals surface area contributed by atoms with Crippen molar-refractivity contribution in [1.29, 1.82) is 0 Å². The lowest BCUT2D eigenvalue weighted by Crippen LogP contribution is -2.38. The van der Waals surface area contributed by atoms with E-state index in [4.69, 9.17) is 4.84 Å². The highest BCUT2D eigenvalue weighted by Crippen LogP contribution is 2.25. The molecule has 0 saturated carbocycles.